The molecule has 1 aromatic rings. The van der Waals surface area contributed by atoms with Crippen molar-refractivity contribution in [2.45, 2.75) is 24.4 Å². The first-order chi connectivity index (χ1) is 8.58. The molecule has 1 aliphatic rings. The van der Waals surface area contributed by atoms with E-state index in [1.54, 1.807) is 0 Å². The highest BCUT2D eigenvalue weighted by molar-refractivity contribution is 5.10. The van der Waals surface area contributed by atoms with E-state index in [1.807, 2.05) is 4.98 Å². The van der Waals surface area contributed by atoms with Gasteiger partial charge in [0.2, 0.25) is 5.95 Å². The molecular weight excluding hydrogens is 247 g/mol. The van der Waals surface area contributed by atoms with Gasteiger partial charge >= 0.3 is 0 Å². The van der Waals surface area contributed by atoms with Gasteiger partial charge in [0.1, 0.15) is 30.1 Å². The first kappa shape index (κ1) is 13.1. The minimum absolute atomic E-state index is 0.170. The Balaban J connectivity index is 2.34. The fraction of sp³-hybridized carbons (Fsp3) is 0.600. The number of ether oxygens (including phenoxy) is 2. The molecule has 3 N–H and O–H groups in total. The van der Waals surface area contributed by atoms with Gasteiger partial charge in [-0.05, 0) is 0 Å². The highest BCUT2D eigenvalue weighted by Crippen LogP contribution is 2.34. The summed E-state index contributed by atoms with van der Waals surface area (Å²) in [4.78, 5) is 16.5. The second-order valence-corrected chi connectivity index (χ2v) is 3.92. The molecule has 2 heterocycles. The van der Waals surface area contributed by atoms with Crippen LogP contribution in [0.15, 0.2) is 11.0 Å². The third-order valence-corrected chi connectivity index (χ3v) is 2.84. The summed E-state index contributed by atoms with van der Waals surface area (Å²) in [5, 5.41) is 18.8. The maximum atomic E-state index is 13.6. The lowest BCUT2D eigenvalue weighted by Gasteiger charge is -2.18. The number of halogens is 1. The van der Waals surface area contributed by atoms with Crippen LogP contribution < -0.4 is 5.56 Å². The van der Waals surface area contributed by atoms with Crippen molar-refractivity contribution in [2.75, 3.05) is 13.7 Å². The number of nitrogens with zero attached hydrogens (tertiary/aromatic N) is 1. The van der Waals surface area contributed by atoms with E-state index in [-0.39, 0.29) is 5.69 Å². The molecule has 1 fully saturated rings. The third-order valence-electron chi connectivity index (χ3n) is 2.84. The molecule has 0 aromatic carbocycles. The summed E-state index contributed by atoms with van der Waals surface area (Å²) in [6.45, 7) is -0.428. The van der Waals surface area contributed by atoms with E-state index in [4.69, 9.17) is 14.6 Å². The lowest BCUT2D eigenvalue weighted by atomic mass is 10.1. The Morgan fingerprint density at radius 1 is 1.67 bits per heavy atom. The quantitative estimate of drug-likeness (QED) is 0.625. The van der Waals surface area contributed by atoms with Gasteiger partial charge in [-0.1, -0.05) is 0 Å². The van der Waals surface area contributed by atoms with Crippen molar-refractivity contribution in [2.24, 2.45) is 0 Å². The van der Waals surface area contributed by atoms with Gasteiger partial charge in [0.05, 0.1) is 12.8 Å². The maximum Gasteiger partial charge on any atom is 0.268 e. The summed E-state index contributed by atoms with van der Waals surface area (Å²) in [7, 11) is 1.33. The van der Waals surface area contributed by atoms with E-state index in [9.17, 15) is 14.3 Å². The van der Waals surface area contributed by atoms with Crippen LogP contribution in [0.2, 0.25) is 0 Å². The van der Waals surface area contributed by atoms with Gasteiger partial charge in [-0.3, -0.25) is 9.78 Å². The van der Waals surface area contributed by atoms with Crippen molar-refractivity contribution in [1.82, 2.24) is 9.97 Å². The third kappa shape index (κ3) is 2.15. The molecule has 0 saturated carbocycles. The number of H-pyrrole nitrogens is 1. The van der Waals surface area contributed by atoms with Crippen LogP contribution in [0.4, 0.5) is 4.39 Å². The second-order valence-electron chi connectivity index (χ2n) is 3.92. The Morgan fingerprint density at radius 3 is 2.94 bits per heavy atom. The topological polar surface area (TPSA) is 105 Å². The van der Waals surface area contributed by atoms with Gasteiger partial charge < -0.3 is 19.7 Å². The number of rotatable bonds is 3. The molecular formula is C10H13FN2O5. The van der Waals surface area contributed by atoms with Gasteiger partial charge in [-0.25, -0.2) is 4.98 Å². The smallest absolute Gasteiger partial charge is 0.268 e. The van der Waals surface area contributed by atoms with Gasteiger partial charge in [0.25, 0.3) is 5.56 Å². The number of aliphatic hydroxyl groups excluding tert-OH is 2. The van der Waals surface area contributed by atoms with E-state index in [2.05, 4.69) is 4.98 Å². The molecule has 0 aliphatic carbocycles. The van der Waals surface area contributed by atoms with Crippen LogP contribution in [0.5, 0.6) is 0 Å². The number of hydrogen-bond acceptors (Lipinski definition) is 6. The molecule has 2 rings (SSSR count). The zero-order valence-electron chi connectivity index (χ0n) is 9.54. The van der Waals surface area contributed by atoms with Crippen molar-refractivity contribution in [3.05, 3.63) is 28.2 Å². The Labute approximate surface area is 101 Å². The average Bonchev–Trinajstić information content (AvgIpc) is 2.65. The van der Waals surface area contributed by atoms with E-state index in [1.165, 1.54) is 7.11 Å². The van der Waals surface area contributed by atoms with Crippen LogP contribution in [0.3, 0.4) is 0 Å². The zero-order chi connectivity index (χ0) is 13.3. The minimum Gasteiger partial charge on any atom is -0.394 e. The highest BCUT2D eigenvalue weighted by Gasteiger charge is 2.46. The molecule has 1 aromatic heterocycles. The summed E-state index contributed by atoms with van der Waals surface area (Å²) in [5.41, 5.74) is -0.848. The predicted octanol–water partition coefficient (Wildman–Crippen LogP) is -1.28. The Hall–Kier alpha value is -1.35. The second kappa shape index (κ2) is 5.11. The molecule has 1 saturated heterocycles. The van der Waals surface area contributed by atoms with Crippen molar-refractivity contribution in [1.29, 1.82) is 0 Å². The number of methoxy groups -OCH3 is 1. The molecule has 18 heavy (non-hydrogen) atoms. The molecule has 0 spiro atoms. The monoisotopic (exact) mass is 260 g/mol. The largest absolute Gasteiger partial charge is 0.394 e. The zero-order valence-corrected chi connectivity index (χ0v) is 9.54. The van der Waals surface area contributed by atoms with Crippen molar-refractivity contribution >= 4 is 0 Å². The number of aliphatic hydroxyl groups is 2. The van der Waals surface area contributed by atoms with Gasteiger partial charge in [-0.15, -0.1) is 0 Å². The molecule has 4 atom stereocenters. The normalized spacial score (nSPS) is 31.8. The predicted molar refractivity (Wildman–Crippen MR) is 56.3 cm³/mol. The van der Waals surface area contributed by atoms with Crippen LogP contribution in [0, 0.1) is 5.95 Å². The van der Waals surface area contributed by atoms with E-state index < -0.39 is 42.5 Å². The van der Waals surface area contributed by atoms with Crippen LogP contribution in [-0.2, 0) is 9.47 Å². The van der Waals surface area contributed by atoms with Crippen LogP contribution in [-0.4, -0.2) is 52.2 Å². The Kier molecular flexibility index (Phi) is 3.71. The highest BCUT2D eigenvalue weighted by atomic mass is 19.1. The van der Waals surface area contributed by atoms with Crippen molar-refractivity contribution < 1.29 is 24.1 Å². The van der Waals surface area contributed by atoms with Gasteiger partial charge in [0.15, 0.2) is 0 Å². The number of hydrogen-bond donors (Lipinski definition) is 3. The molecule has 100 valence electrons. The maximum absolute atomic E-state index is 13.6. The first-order valence-corrected chi connectivity index (χ1v) is 5.30. The summed E-state index contributed by atoms with van der Waals surface area (Å²) in [5.74, 6) is -0.944. The van der Waals surface area contributed by atoms with Gasteiger partial charge in [0, 0.05) is 7.11 Å². The molecule has 0 bridgehead atoms. The summed E-state index contributed by atoms with van der Waals surface area (Å²) in [6.07, 6.45) is -2.92. The molecule has 0 amide bonds. The van der Waals surface area contributed by atoms with E-state index >= 15 is 0 Å². The fourth-order valence-corrected chi connectivity index (χ4v) is 1.96. The number of nitrogens with one attached hydrogen (secondary N) is 1. The van der Waals surface area contributed by atoms with Crippen molar-refractivity contribution in [3.63, 3.8) is 0 Å². The van der Waals surface area contributed by atoms with Crippen LogP contribution in [0.25, 0.3) is 0 Å². The molecule has 0 radical (unpaired) electrons. The van der Waals surface area contributed by atoms with E-state index in [0.717, 1.165) is 6.20 Å². The average molecular weight is 260 g/mol. The van der Waals surface area contributed by atoms with Crippen molar-refractivity contribution in [3.8, 4) is 0 Å². The molecule has 2 unspecified atom stereocenters. The summed E-state index contributed by atoms with van der Waals surface area (Å²) < 4.78 is 23.9. The van der Waals surface area contributed by atoms with Crippen LogP contribution in [0.1, 0.15) is 11.8 Å². The number of aromatic nitrogens is 2. The fourth-order valence-electron chi connectivity index (χ4n) is 1.96. The molecule has 1 aliphatic heterocycles. The van der Waals surface area contributed by atoms with E-state index in [0.29, 0.717) is 0 Å². The van der Waals surface area contributed by atoms with Crippen LogP contribution >= 0.6 is 0 Å². The standard InChI is InChI=1S/C10H13FN2O5/c1-17-9-7(16)4(3-14)18-8(9)6-10(11)13-5(15)2-12-6/h2,4,7-9,14,16H,3H2,1H3,(H,13,15)/t4-,7?,8+,9?/m1/s1. The Bertz CT molecular complexity index is 480. The SMILES string of the molecule is COC1C(O)[C@@H](CO)O[C@H]1c1ncc(=O)[nH]c1F. The lowest BCUT2D eigenvalue weighted by Crippen LogP contribution is -2.34. The van der Waals surface area contributed by atoms with Gasteiger partial charge in [-0.2, -0.15) is 4.39 Å². The summed E-state index contributed by atoms with van der Waals surface area (Å²) in [6, 6.07) is 0. The summed E-state index contributed by atoms with van der Waals surface area (Å²) >= 11 is 0. The first-order valence-electron chi connectivity index (χ1n) is 5.30. The minimum atomic E-state index is -1.10. The Morgan fingerprint density at radius 2 is 2.39 bits per heavy atom. The molecule has 8 heteroatoms. The lowest BCUT2D eigenvalue weighted by molar-refractivity contribution is -0.0267. The number of aromatic amines is 1. The molecule has 7 nitrogen and oxygen atoms in total.